The van der Waals surface area contributed by atoms with Crippen molar-refractivity contribution < 1.29 is 38.3 Å². The monoisotopic (exact) mass is 404 g/mol. The topological polar surface area (TPSA) is 118 Å². The Morgan fingerprint density at radius 2 is 1.82 bits per heavy atom. The molecule has 2 atom stereocenters. The molecule has 1 aromatic rings. The molecule has 4 N–H and O–H groups in total. The zero-order valence-corrected chi connectivity index (χ0v) is 14.6. The smallest absolute Gasteiger partial charge is 0.355 e. The van der Waals surface area contributed by atoms with Crippen LogP contribution in [0.5, 0.6) is 0 Å². The molecule has 2 heterocycles. The van der Waals surface area contributed by atoms with E-state index in [1.54, 1.807) is 4.90 Å². The minimum atomic E-state index is -5.20. The summed E-state index contributed by atoms with van der Waals surface area (Å²) in [7, 11) is 0. The Morgan fingerprint density at radius 1 is 1.21 bits per heavy atom. The van der Waals surface area contributed by atoms with Crippen LogP contribution in [-0.4, -0.2) is 63.3 Å². The lowest BCUT2D eigenvalue weighted by Crippen LogP contribution is -2.64. The average molecular weight is 404 g/mol. The Hall–Kier alpha value is -2.57. The molecule has 9 nitrogen and oxygen atoms in total. The second-order valence-electron chi connectivity index (χ2n) is 6.53. The van der Waals surface area contributed by atoms with E-state index in [4.69, 9.17) is 10.4 Å². The molecule has 0 radical (unpaired) electrons. The first-order valence-corrected chi connectivity index (χ1v) is 8.52. The highest BCUT2D eigenvalue weighted by molar-refractivity contribution is 5.99. The van der Waals surface area contributed by atoms with E-state index in [9.17, 15) is 23.1 Å². The number of anilines is 1. The van der Waals surface area contributed by atoms with Crippen molar-refractivity contribution in [3.8, 4) is 0 Å². The van der Waals surface area contributed by atoms with E-state index in [0.29, 0.717) is 13.1 Å². The van der Waals surface area contributed by atoms with Crippen LogP contribution in [0.25, 0.3) is 0 Å². The number of amidine groups is 1. The van der Waals surface area contributed by atoms with Crippen LogP contribution in [-0.2, 0) is 4.84 Å². The zero-order valence-electron chi connectivity index (χ0n) is 14.6. The van der Waals surface area contributed by atoms with Crippen molar-refractivity contribution in [3.05, 3.63) is 29.8 Å². The van der Waals surface area contributed by atoms with Crippen LogP contribution in [0.1, 0.15) is 29.6 Å². The maximum Gasteiger partial charge on any atom is 0.460 e. The second-order valence-corrected chi connectivity index (χ2v) is 6.53. The third-order valence-corrected chi connectivity index (χ3v) is 4.65. The largest absolute Gasteiger partial charge is 0.460 e. The fourth-order valence-electron chi connectivity index (χ4n) is 3.10. The number of likely N-dealkylation sites (tertiary alicyclic amines) is 1. The van der Waals surface area contributed by atoms with Gasteiger partial charge in [-0.3, -0.25) is 15.2 Å². The number of benzene rings is 1. The van der Waals surface area contributed by atoms with Gasteiger partial charge in [-0.1, -0.05) is 5.16 Å². The van der Waals surface area contributed by atoms with Crippen LogP contribution in [0.4, 0.5) is 18.9 Å². The number of alkyl halides is 3. The summed E-state index contributed by atoms with van der Waals surface area (Å²) in [6, 6.07) is 2.77. The van der Waals surface area contributed by atoms with Gasteiger partial charge in [-0.2, -0.15) is 13.2 Å². The van der Waals surface area contributed by atoms with E-state index >= 15 is 0 Å². The van der Waals surface area contributed by atoms with Crippen molar-refractivity contribution in [2.45, 2.75) is 37.3 Å². The zero-order chi connectivity index (χ0) is 20.5. The average Bonchev–Trinajstić information content (AvgIpc) is 3.00. The van der Waals surface area contributed by atoms with Crippen molar-refractivity contribution in [2.24, 2.45) is 5.16 Å². The van der Waals surface area contributed by atoms with Crippen LogP contribution in [0.15, 0.2) is 29.4 Å². The van der Waals surface area contributed by atoms with E-state index in [1.807, 2.05) is 0 Å². The van der Waals surface area contributed by atoms with Crippen molar-refractivity contribution in [1.82, 2.24) is 10.2 Å². The third-order valence-electron chi connectivity index (χ3n) is 4.65. The molecule has 0 aromatic heterocycles. The highest BCUT2D eigenvalue weighted by Gasteiger charge is 2.68. The third kappa shape index (κ3) is 3.70. The van der Waals surface area contributed by atoms with Crippen molar-refractivity contribution in [2.75, 3.05) is 18.3 Å². The summed E-state index contributed by atoms with van der Waals surface area (Å²) >= 11 is 0. The molecule has 1 amide bonds. The van der Waals surface area contributed by atoms with Gasteiger partial charge in [0.25, 0.3) is 5.91 Å². The molecule has 1 fully saturated rings. The second kappa shape index (κ2) is 7.45. The summed E-state index contributed by atoms with van der Waals surface area (Å²) in [6.07, 6.45) is -2.80. The maximum absolute atomic E-state index is 13.5. The molecule has 154 valence electrons. The Balaban J connectivity index is 1.84. The maximum atomic E-state index is 13.5. The van der Waals surface area contributed by atoms with Gasteiger partial charge in [-0.05, 0) is 43.5 Å². The number of aliphatic hydroxyl groups is 1. The van der Waals surface area contributed by atoms with Gasteiger partial charge >= 0.3 is 12.0 Å². The summed E-state index contributed by atoms with van der Waals surface area (Å²) in [5.41, 5.74) is -0.108. The predicted molar refractivity (Wildman–Crippen MR) is 88.7 cm³/mol. The fourth-order valence-corrected chi connectivity index (χ4v) is 3.10. The SMILES string of the molecule is O=C(N[C@@H]1C(N2CCCCC2)=NO[C@]1(O)C(F)(F)F)c1ccc(N(O)O)cc1. The van der Waals surface area contributed by atoms with Gasteiger partial charge in [0.2, 0.25) is 0 Å². The number of oxime groups is 1. The number of hydrogen-bond acceptors (Lipinski definition) is 8. The molecule has 12 heteroatoms. The van der Waals surface area contributed by atoms with Gasteiger partial charge in [0.1, 0.15) is 0 Å². The standard InChI is InChI=1S/C16H19F3N4O5/c17-16(18,19)15(25)12(13(21-28-15)22-8-2-1-3-9-22)20-14(24)10-4-6-11(7-5-10)23(26)27/h4-7,12,25-27H,1-3,8-9H2,(H,20,24)/t12-,15+/m1/s1. The Morgan fingerprint density at radius 3 is 2.36 bits per heavy atom. The highest BCUT2D eigenvalue weighted by atomic mass is 19.4. The van der Waals surface area contributed by atoms with Gasteiger partial charge in [0.05, 0.1) is 5.69 Å². The fraction of sp³-hybridized carbons (Fsp3) is 0.500. The lowest BCUT2D eigenvalue weighted by atomic mass is 10.0. The minimum absolute atomic E-state index is 0.0527. The molecule has 1 saturated heterocycles. The van der Waals surface area contributed by atoms with Crippen LogP contribution in [0.3, 0.4) is 0 Å². The number of amides is 1. The number of nitrogens with one attached hydrogen (secondary N) is 1. The summed E-state index contributed by atoms with van der Waals surface area (Å²) < 4.78 is 40.4. The molecule has 1 aromatic carbocycles. The van der Waals surface area contributed by atoms with Crippen LogP contribution in [0.2, 0.25) is 0 Å². The number of hydrogen-bond donors (Lipinski definition) is 4. The highest BCUT2D eigenvalue weighted by Crippen LogP contribution is 2.39. The first kappa shape index (κ1) is 20.2. The molecule has 0 spiro atoms. The molecule has 28 heavy (non-hydrogen) atoms. The Labute approximate surface area is 157 Å². The van der Waals surface area contributed by atoms with Crippen LogP contribution < -0.4 is 10.5 Å². The molecular formula is C16H19F3N4O5. The summed E-state index contributed by atoms with van der Waals surface area (Å²) in [5.74, 6) is -4.80. The van der Waals surface area contributed by atoms with E-state index in [1.165, 1.54) is 24.3 Å². The molecule has 3 rings (SSSR count). The summed E-state index contributed by atoms with van der Waals surface area (Å²) in [4.78, 5) is 18.4. The predicted octanol–water partition coefficient (Wildman–Crippen LogP) is 1.45. The lowest BCUT2D eigenvalue weighted by Gasteiger charge is -2.34. The van der Waals surface area contributed by atoms with Gasteiger partial charge in [-0.15, -0.1) is 5.23 Å². The number of halogens is 3. The van der Waals surface area contributed by atoms with Crippen molar-refractivity contribution in [3.63, 3.8) is 0 Å². The van der Waals surface area contributed by atoms with E-state index in [2.05, 4.69) is 15.3 Å². The first-order chi connectivity index (χ1) is 13.1. The van der Waals surface area contributed by atoms with Crippen LogP contribution in [0, 0.1) is 0 Å². The van der Waals surface area contributed by atoms with Gasteiger partial charge in [-0.25, -0.2) is 0 Å². The first-order valence-electron chi connectivity index (χ1n) is 8.52. The number of rotatable bonds is 3. The van der Waals surface area contributed by atoms with Gasteiger partial charge in [0.15, 0.2) is 11.9 Å². The molecule has 2 aliphatic rings. The molecule has 2 aliphatic heterocycles. The molecule has 0 unspecified atom stereocenters. The number of piperidine rings is 1. The molecule has 0 saturated carbocycles. The van der Waals surface area contributed by atoms with Crippen molar-refractivity contribution >= 4 is 17.4 Å². The quantitative estimate of drug-likeness (QED) is 0.563. The van der Waals surface area contributed by atoms with E-state index in [-0.39, 0.29) is 22.3 Å². The normalized spacial score (nSPS) is 25.1. The number of carbonyl (C=O) groups is 1. The summed E-state index contributed by atoms with van der Waals surface area (Å²) in [6.45, 7) is 0.861. The van der Waals surface area contributed by atoms with Crippen LogP contribution >= 0.6 is 0 Å². The van der Waals surface area contributed by atoms with E-state index < -0.39 is 23.9 Å². The van der Waals surface area contributed by atoms with Gasteiger partial charge < -0.3 is 20.2 Å². The van der Waals surface area contributed by atoms with E-state index in [0.717, 1.165) is 19.3 Å². The minimum Gasteiger partial charge on any atom is -0.355 e. The summed E-state index contributed by atoms with van der Waals surface area (Å²) in [5, 5.41) is 33.4. The molecule has 0 aliphatic carbocycles. The number of carbonyl (C=O) groups excluding carboxylic acids is 1. The van der Waals surface area contributed by atoms with Crippen molar-refractivity contribution in [1.29, 1.82) is 0 Å². The van der Waals surface area contributed by atoms with Gasteiger partial charge in [0, 0.05) is 18.7 Å². The number of nitrogens with zero attached hydrogens (tertiary/aromatic N) is 3. The Bertz CT molecular complexity index is 750. The molecule has 0 bridgehead atoms. The lowest BCUT2D eigenvalue weighted by molar-refractivity contribution is -0.361. The Kier molecular flexibility index (Phi) is 5.37. The molecular weight excluding hydrogens is 385 g/mol.